The van der Waals surface area contributed by atoms with Crippen molar-refractivity contribution in [3.05, 3.63) is 0 Å². The zero-order chi connectivity index (χ0) is 23.8. The molecule has 0 spiro atoms. The van der Waals surface area contributed by atoms with Gasteiger partial charge in [0.05, 0.1) is 0 Å². The molecular formula is C30H64ClP. The van der Waals surface area contributed by atoms with Crippen LogP contribution in [0.1, 0.15) is 169 Å². The molecule has 0 saturated carbocycles. The van der Waals surface area contributed by atoms with E-state index in [0.717, 1.165) is 0 Å². The Labute approximate surface area is 210 Å². The van der Waals surface area contributed by atoms with E-state index in [1.54, 1.807) is 0 Å². The molecule has 0 amide bonds. The van der Waals surface area contributed by atoms with Gasteiger partial charge < -0.3 is 0 Å². The zero-order valence-electron chi connectivity index (χ0n) is 23.2. The topological polar surface area (TPSA) is 0 Å². The molecule has 0 atom stereocenters. The van der Waals surface area contributed by atoms with Crippen molar-refractivity contribution in [3.8, 4) is 0 Å². The number of halogens is 1. The van der Waals surface area contributed by atoms with Gasteiger partial charge in [0.25, 0.3) is 0 Å². The Balaban J connectivity index is 4.95. The average molecular weight is 491 g/mol. The van der Waals surface area contributed by atoms with Crippen LogP contribution in [0.4, 0.5) is 0 Å². The molecule has 0 bridgehead atoms. The van der Waals surface area contributed by atoms with Crippen LogP contribution in [0.15, 0.2) is 0 Å². The Kier molecular flexibility index (Phi) is 22.7. The van der Waals surface area contributed by atoms with Gasteiger partial charge in [-0.3, -0.25) is 0 Å². The molecule has 0 fully saturated rings. The van der Waals surface area contributed by atoms with E-state index in [9.17, 15) is 0 Å². The first-order chi connectivity index (χ1) is 15.5. The third kappa shape index (κ3) is 18.1. The fraction of sp³-hybridized carbons (Fsp3) is 1.00. The summed E-state index contributed by atoms with van der Waals surface area (Å²) in [7, 11) is 0. The second kappa shape index (κ2) is 22.2. The second-order valence-corrected chi connectivity index (χ2v) is 19.4. The van der Waals surface area contributed by atoms with E-state index in [4.69, 9.17) is 11.2 Å². The third-order valence-corrected chi connectivity index (χ3v) is 15.5. The molecule has 32 heavy (non-hydrogen) atoms. The fourth-order valence-corrected chi connectivity index (χ4v) is 12.3. The number of hydrogen-bond donors (Lipinski definition) is 0. The van der Waals surface area contributed by atoms with Gasteiger partial charge in [-0.25, -0.2) is 0 Å². The van der Waals surface area contributed by atoms with Crippen molar-refractivity contribution >= 4 is 17.2 Å². The molecule has 0 radical (unpaired) electrons. The average Bonchev–Trinajstić information content (AvgIpc) is 2.79. The standard InChI is InChI=1S/C30H64ClP/c1-5-9-13-17-20-24-28-32(31,27-23-16-12-8-4,29-25-21-18-14-10-6-2)30-26-22-19-15-11-7-3/h5-30H2,1-4H3. The van der Waals surface area contributed by atoms with Crippen molar-refractivity contribution in [1.82, 2.24) is 0 Å². The molecule has 0 rings (SSSR count). The summed E-state index contributed by atoms with van der Waals surface area (Å²) in [6.07, 6.45) is 36.5. The first kappa shape index (κ1) is 32.7. The minimum absolute atomic E-state index is 1.34. The molecule has 0 unspecified atom stereocenters. The Morgan fingerprint density at radius 1 is 0.312 bits per heavy atom. The normalized spacial score (nSPS) is 13.3. The Hall–Kier alpha value is 0.720. The summed E-state index contributed by atoms with van der Waals surface area (Å²) >= 11 is 8.03. The molecule has 0 aliphatic rings. The Morgan fingerprint density at radius 2 is 0.500 bits per heavy atom. The van der Waals surface area contributed by atoms with Gasteiger partial charge in [0.2, 0.25) is 0 Å². The van der Waals surface area contributed by atoms with Crippen LogP contribution in [0.2, 0.25) is 0 Å². The van der Waals surface area contributed by atoms with Crippen molar-refractivity contribution in [2.75, 3.05) is 24.6 Å². The van der Waals surface area contributed by atoms with E-state index in [-0.39, 0.29) is 0 Å². The van der Waals surface area contributed by atoms with Gasteiger partial charge in [-0.1, -0.05) is 0 Å². The predicted molar refractivity (Wildman–Crippen MR) is 157 cm³/mol. The van der Waals surface area contributed by atoms with Crippen molar-refractivity contribution < 1.29 is 0 Å². The number of rotatable bonds is 26. The van der Waals surface area contributed by atoms with Crippen LogP contribution in [0.5, 0.6) is 0 Å². The van der Waals surface area contributed by atoms with Gasteiger partial charge in [0.1, 0.15) is 0 Å². The van der Waals surface area contributed by atoms with Gasteiger partial charge in [0, 0.05) is 0 Å². The molecule has 0 heterocycles. The minimum atomic E-state index is -2.07. The van der Waals surface area contributed by atoms with E-state index in [1.165, 1.54) is 166 Å². The summed E-state index contributed by atoms with van der Waals surface area (Å²) in [4.78, 5) is 0. The monoisotopic (exact) mass is 490 g/mol. The molecule has 0 saturated heterocycles. The van der Waals surface area contributed by atoms with Gasteiger partial charge >= 0.3 is 211 Å². The van der Waals surface area contributed by atoms with E-state index in [1.807, 2.05) is 0 Å². The number of unbranched alkanes of at least 4 members (excludes halogenated alkanes) is 18. The fourth-order valence-electron chi connectivity index (χ4n) is 5.47. The summed E-state index contributed by atoms with van der Waals surface area (Å²) in [6.45, 7) is 9.30. The quantitative estimate of drug-likeness (QED) is 0.0834. The van der Waals surface area contributed by atoms with Gasteiger partial charge in [-0.05, 0) is 0 Å². The molecule has 0 aromatic heterocycles. The molecule has 0 nitrogen and oxygen atoms in total. The van der Waals surface area contributed by atoms with Crippen molar-refractivity contribution in [3.63, 3.8) is 0 Å². The summed E-state index contributed by atoms with van der Waals surface area (Å²) in [5.74, 6) is -2.07. The molecular weight excluding hydrogens is 427 g/mol. The van der Waals surface area contributed by atoms with E-state index in [2.05, 4.69) is 27.7 Å². The molecule has 0 aliphatic heterocycles. The first-order valence-corrected chi connectivity index (χ1v) is 19.1. The van der Waals surface area contributed by atoms with Crippen LogP contribution < -0.4 is 0 Å². The summed E-state index contributed by atoms with van der Waals surface area (Å²) in [5.41, 5.74) is 0. The van der Waals surface area contributed by atoms with Crippen molar-refractivity contribution in [2.45, 2.75) is 169 Å². The van der Waals surface area contributed by atoms with Crippen LogP contribution in [0.25, 0.3) is 0 Å². The maximum absolute atomic E-state index is 8.03. The second-order valence-electron chi connectivity index (χ2n) is 11.1. The molecule has 0 N–H and O–H groups in total. The Morgan fingerprint density at radius 3 is 0.750 bits per heavy atom. The van der Waals surface area contributed by atoms with Crippen molar-refractivity contribution in [2.24, 2.45) is 0 Å². The van der Waals surface area contributed by atoms with Crippen LogP contribution in [0, 0.1) is 0 Å². The van der Waals surface area contributed by atoms with Crippen molar-refractivity contribution in [1.29, 1.82) is 0 Å². The Bertz CT molecular complexity index is 337. The predicted octanol–water partition coefficient (Wildman–Crippen LogP) is 12.4. The SMILES string of the molecule is CCCCCCCCP(Cl)(CCCCCC)(CCCCCCCC)CCCCCCCC. The number of hydrogen-bond acceptors (Lipinski definition) is 0. The molecule has 0 aromatic carbocycles. The van der Waals surface area contributed by atoms with E-state index >= 15 is 0 Å². The van der Waals surface area contributed by atoms with E-state index in [0.29, 0.717) is 0 Å². The molecule has 0 aromatic rings. The third-order valence-electron chi connectivity index (χ3n) is 7.78. The van der Waals surface area contributed by atoms with Gasteiger partial charge in [0.15, 0.2) is 0 Å². The summed E-state index contributed by atoms with van der Waals surface area (Å²) in [6, 6.07) is 0. The van der Waals surface area contributed by atoms with Crippen LogP contribution in [-0.2, 0) is 0 Å². The summed E-state index contributed by atoms with van der Waals surface area (Å²) in [5, 5.41) is 0. The summed E-state index contributed by atoms with van der Waals surface area (Å²) < 4.78 is 0. The first-order valence-electron chi connectivity index (χ1n) is 15.3. The van der Waals surface area contributed by atoms with Crippen LogP contribution in [0.3, 0.4) is 0 Å². The van der Waals surface area contributed by atoms with Crippen LogP contribution >= 0.6 is 17.2 Å². The van der Waals surface area contributed by atoms with E-state index < -0.39 is 5.96 Å². The van der Waals surface area contributed by atoms with Crippen LogP contribution in [-0.4, -0.2) is 24.6 Å². The molecule has 2 heteroatoms. The zero-order valence-corrected chi connectivity index (χ0v) is 24.9. The van der Waals surface area contributed by atoms with Gasteiger partial charge in [-0.2, -0.15) is 0 Å². The van der Waals surface area contributed by atoms with Gasteiger partial charge in [-0.15, -0.1) is 0 Å². The maximum atomic E-state index is 8.03. The molecule has 196 valence electrons. The molecule has 0 aliphatic carbocycles.